The Hall–Kier alpha value is -1.02. The molecular formula is C7H7Br2N5O. The number of rotatable bonds is 1. The topological polar surface area (TPSA) is 97.5 Å². The van der Waals surface area contributed by atoms with Gasteiger partial charge in [-0.1, -0.05) is 15.9 Å². The minimum Gasteiger partial charge on any atom is -0.369 e. The van der Waals surface area contributed by atoms with Crippen LogP contribution in [0.5, 0.6) is 0 Å². The zero-order valence-electron chi connectivity index (χ0n) is 7.40. The largest absolute Gasteiger partial charge is 0.369 e. The first-order valence-corrected chi connectivity index (χ1v) is 4.90. The van der Waals surface area contributed by atoms with Crippen LogP contribution >= 0.6 is 32.9 Å². The summed E-state index contributed by atoms with van der Waals surface area (Å²) in [6, 6.07) is 0. The molecule has 0 fully saturated rings. The number of halogens is 2. The van der Waals surface area contributed by atoms with Crippen molar-refractivity contribution in [1.82, 2.24) is 19.9 Å². The van der Waals surface area contributed by atoms with Gasteiger partial charge in [0.25, 0.3) is 5.56 Å². The second-order valence-electron chi connectivity index (χ2n) is 2.62. The third-order valence-corrected chi connectivity index (χ3v) is 2.20. The lowest BCUT2D eigenvalue weighted by Crippen LogP contribution is -2.13. The number of nitrogen functional groups attached to an aromatic ring is 1. The van der Waals surface area contributed by atoms with Gasteiger partial charge in [-0.15, -0.1) is 17.0 Å². The third-order valence-electron chi connectivity index (χ3n) is 1.62. The van der Waals surface area contributed by atoms with Gasteiger partial charge in [0.05, 0.1) is 11.9 Å². The number of nitrogens with zero attached hydrogens (tertiary/aromatic N) is 3. The van der Waals surface area contributed by atoms with Gasteiger partial charge in [0.1, 0.15) is 0 Å². The van der Waals surface area contributed by atoms with Gasteiger partial charge in [0, 0.05) is 5.33 Å². The van der Waals surface area contributed by atoms with Crippen molar-refractivity contribution in [3.8, 4) is 0 Å². The van der Waals surface area contributed by atoms with Crippen LogP contribution in [0.15, 0.2) is 11.0 Å². The Morgan fingerprint density at radius 1 is 1.47 bits per heavy atom. The molecule has 0 radical (unpaired) electrons. The minimum absolute atomic E-state index is 0. The summed E-state index contributed by atoms with van der Waals surface area (Å²) < 4.78 is 0. The molecule has 0 aliphatic heterocycles. The van der Waals surface area contributed by atoms with E-state index in [-0.39, 0.29) is 39.7 Å². The molecule has 2 aromatic rings. The Balaban J connectivity index is 0.00000112. The number of alkyl halides is 1. The lowest BCUT2D eigenvalue weighted by molar-refractivity contribution is 1.09. The van der Waals surface area contributed by atoms with Gasteiger partial charge in [0.15, 0.2) is 11.2 Å². The van der Waals surface area contributed by atoms with E-state index in [0.29, 0.717) is 11.0 Å². The molecule has 80 valence electrons. The van der Waals surface area contributed by atoms with Crippen LogP contribution in [0.2, 0.25) is 0 Å². The van der Waals surface area contributed by atoms with Crippen LogP contribution in [0, 0.1) is 0 Å². The fourth-order valence-corrected chi connectivity index (χ4v) is 1.30. The molecular weight excluding hydrogens is 330 g/mol. The molecule has 0 amide bonds. The summed E-state index contributed by atoms with van der Waals surface area (Å²) in [6.07, 6.45) is 1.52. The number of anilines is 1. The molecule has 6 nitrogen and oxygen atoms in total. The third kappa shape index (κ3) is 2.32. The van der Waals surface area contributed by atoms with Gasteiger partial charge >= 0.3 is 0 Å². The molecule has 0 spiro atoms. The Kier molecular flexibility index (Phi) is 3.75. The summed E-state index contributed by atoms with van der Waals surface area (Å²) in [4.78, 5) is 25.6. The van der Waals surface area contributed by atoms with Gasteiger partial charge < -0.3 is 5.73 Å². The van der Waals surface area contributed by atoms with Gasteiger partial charge in [-0.2, -0.15) is 4.98 Å². The lowest BCUT2D eigenvalue weighted by Gasteiger charge is -1.98. The molecule has 15 heavy (non-hydrogen) atoms. The van der Waals surface area contributed by atoms with Crippen LogP contribution in [-0.2, 0) is 5.33 Å². The SMILES string of the molecule is Br.Nc1nc2nc(CBr)cnc2c(=O)[nH]1. The molecule has 0 aliphatic rings. The normalized spacial score (nSPS) is 9.93. The van der Waals surface area contributed by atoms with Crippen molar-refractivity contribution >= 4 is 50.0 Å². The maximum atomic E-state index is 11.3. The van der Waals surface area contributed by atoms with Crippen LogP contribution in [0.25, 0.3) is 11.2 Å². The number of fused-ring (bicyclic) bond motifs is 1. The summed E-state index contributed by atoms with van der Waals surface area (Å²) in [7, 11) is 0. The summed E-state index contributed by atoms with van der Waals surface area (Å²) >= 11 is 3.23. The van der Waals surface area contributed by atoms with E-state index in [9.17, 15) is 4.79 Å². The molecule has 2 heterocycles. The van der Waals surface area contributed by atoms with Crippen LogP contribution in [0.4, 0.5) is 5.95 Å². The van der Waals surface area contributed by atoms with Crippen molar-refractivity contribution in [3.05, 3.63) is 22.2 Å². The first-order valence-electron chi connectivity index (χ1n) is 3.78. The van der Waals surface area contributed by atoms with Crippen LogP contribution in [0.1, 0.15) is 5.69 Å². The molecule has 2 rings (SSSR count). The molecule has 3 N–H and O–H groups in total. The second kappa shape index (κ2) is 4.67. The smallest absolute Gasteiger partial charge is 0.280 e. The standard InChI is InChI=1S/C7H6BrN5O.BrH/c8-1-3-2-10-4-5(11-3)12-7(9)13-6(4)14;/h2H,1H2,(H3,9,11,12,13,14);1H. The molecule has 8 heteroatoms. The van der Waals surface area contributed by atoms with E-state index in [2.05, 4.69) is 35.9 Å². The highest BCUT2D eigenvalue weighted by atomic mass is 79.9. The zero-order valence-corrected chi connectivity index (χ0v) is 10.7. The Labute approximate surface area is 103 Å². The van der Waals surface area contributed by atoms with Gasteiger partial charge in [0.2, 0.25) is 5.95 Å². The van der Waals surface area contributed by atoms with Gasteiger partial charge in [-0.25, -0.2) is 9.97 Å². The number of hydrogen-bond acceptors (Lipinski definition) is 5. The molecule has 0 aromatic carbocycles. The molecule has 2 aromatic heterocycles. The molecule has 0 saturated heterocycles. The second-order valence-corrected chi connectivity index (χ2v) is 3.18. The molecule has 0 saturated carbocycles. The highest BCUT2D eigenvalue weighted by Gasteiger charge is 2.05. The number of hydrogen-bond donors (Lipinski definition) is 2. The van der Waals surface area contributed by atoms with Crippen molar-refractivity contribution in [3.63, 3.8) is 0 Å². The van der Waals surface area contributed by atoms with Crippen molar-refractivity contribution < 1.29 is 0 Å². The van der Waals surface area contributed by atoms with E-state index in [4.69, 9.17) is 5.73 Å². The van der Waals surface area contributed by atoms with Crippen molar-refractivity contribution in [2.75, 3.05) is 5.73 Å². The van der Waals surface area contributed by atoms with Crippen molar-refractivity contribution in [2.45, 2.75) is 5.33 Å². The Morgan fingerprint density at radius 3 is 2.87 bits per heavy atom. The first-order chi connectivity index (χ1) is 6.70. The average Bonchev–Trinajstić information content (AvgIpc) is 2.16. The Bertz CT molecular complexity index is 540. The van der Waals surface area contributed by atoms with Crippen molar-refractivity contribution in [2.24, 2.45) is 0 Å². The van der Waals surface area contributed by atoms with E-state index in [0.717, 1.165) is 0 Å². The fourth-order valence-electron chi connectivity index (χ4n) is 1.03. The number of nitrogens with two attached hydrogens (primary N) is 1. The molecule has 0 bridgehead atoms. The van der Waals surface area contributed by atoms with Crippen LogP contribution in [-0.4, -0.2) is 19.9 Å². The number of aromatic amines is 1. The number of nitrogens with one attached hydrogen (secondary N) is 1. The fraction of sp³-hybridized carbons (Fsp3) is 0.143. The maximum absolute atomic E-state index is 11.3. The zero-order chi connectivity index (χ0) is 10.1. The highest BCUT2D eigenvalue weighted by Crippen LogP contribution is 2.05. The average molecular weight is 337 g/mol. The molecule has 0 aliphatic carbocycles. The first kappa shape index (κ1) is 12.1. The number of aromatic nitrogens is 4. The van der Waals surface area contributed by atoms with E-state index < -0.39 is 0 Å². The summed E-state index contributed by atoms with van der Waals surface area (Å²) in [5.74, 6) is 0.0449. The molecule has 0 unspecified atom stereocenters. The van der Waals surface area contributed by atoms with Crippen LogP contribution in [0.3, 0.4) is 0 Å². The van der Waals surface area contributed by atoms with Crippen LogP contribution < -0.4 is 11.3 Å². The van der Waals surface area contributed by atoms with Gasteiger partial charge in [-0.05, 0) is 0 Å². The van der Waals surface area contributed by atoms with Crippen molar-refractivity contribution in [1.29, 1.82) is 0 Å². The minimum atomic E-state index is -0.374. The maximum Gasteiger partial charge on any atom is 0.280 e. The number of H-pyrrole nitrogens is 1. The van der Waals surface area contributed by atoms with E-state index >= 15 is 0 Å². The predicted octanol–water partition coefficient (Wildman–Crippen LogP) is 0.768. The lowest BCUT2D eigenvalue weighted by atomic mass is 10.4. The summed E-state index contributed by atoms with van der Waals surface area (Å²) in [6.45, 7) is 0. The Morgan fingerprint density at radius 2 is 2.20 bits per heavy atom. The quantitative estimate of drug-likeness (QED) is 0.749. The van der Waals surface area contributed by atoms with Gasteiger partial charge in [-0.3, -0.25) is 9.78 Å². The predicted molar refractivity (Wildman–Crippen MR) is 65.3 cm³/mol. The molecule has 0 atom stereocenters. The summed E-state index contributed by atoms with van der Waals surface area (Å²) in [5, 5.41) is 0.560. The highest BCUT2D eigenvalue weighted by molar-refractivity contribution is 9.08. The summed E-state index contributed by atoms with van der Waals surface area (Å²) in [5.41, 5.74) is 6.16. The monoisotopic (exact) mass is 335 g/mol. The van der Waals surface area contributed by atoms with E-state index in [1.807, 2.05) is 0 Å². The van der Waals surface area contributed by atoms with E-state index in [1.54, 1.807) is 0 Å². The van der Waals surface area contributed by atoms with E-state index in [1.165, 1.54) is 6.20 Å².